The van der Waals surface area contributed by atoms with E-state index in [0.29, 0.717) is 28.3 Å². The van der Waals surface area contributed by atoms with Crippen LogP contribution in [0.2, 0.25) is 0 Å². The fourth-order valence-electron chi connectivity index (χ4n) is 3.62. The molecule has 32 heavy (non-hydrogen) atoms. The summed E-state index contributed by atoms with van der Waals surface area (Å²) < 4.78 is 10.6. The number of imide groups is 1. The lowest BCUT2D eigenvalue weighted by Gasteiger charge is -2.16. The first-order chi connectivity index (χ1) is 15.5. The van der Waals surface area contributed by atoms with Crippen molar-refractivity contribution in [2.24, 2.45) is 0 Å². The van der Waals surface area contributed by atoms with Crippen molar-refractivity contribution in [1.29, 1.82) is 0 Å². The Bertz CT molecular complexity index is 1180. The van der Waals surface area contributed by atoms with Crippen LogP contribution in [0.15, 0.2) is 78.5 Å². The van der Waals surface area contributed by atoms with Gasteiger partial charge in [-0.15, -0.1) is 0 Å². The number of para-hydroxylation sites is 2. The number of ether oxygens (including phenoxy) is 2. The molecule has 6 heteroatoms. The van der Waals surface area contributed by atoms with Gasteiger partial charge in [0, 0.05) is 0 Å². The Morgan fingerprint density at radius 2 is 1.50 bits per heavy atom. The molecule has 1 N–H and O–H groups in total. The fourth-order valence-corrected chi connectivity index (χ4v) is 3.62. The normalized spacial score (nSPS) is 13.5. The van der Waals surface area contributed by atoms with Crippen molar-refractivity contribution >= 4 is 23.1 Å². The second-order valence-electron chi connectivity index (χ2n) is 7.49. The van der Waals surface area contributed by atoms with Crippen LogP contribution in [0.5, 0.6) is 11.5 Å². The van der Waals surface area contributed by atoms with Crippen molar-refractivity contribution in [2.75, 3.05) is 19.5 Å². The summed E-state index contributed by atoms with van der Waals surface area (Å²) in [5.41, 5.74) is 3.77. The number of aryl methyl sites for hydroxylation is 1. The molecule has 4 rings (SSSR count). The van der Waals surface area contributed by atoms with Gasteiger partial charge in [-0.2, -0.15) is 0 Å². The van der Waals surface area contributed by atoms with E-state index >= 15 is 0 Å². The number of anilines is 1. The van der Waals surface area contributed by atoms with E-state index in [1.54, 1.807) is 20.3 Å². The van der Waals surface area contributed by atoms with Gasteiger partial charge < -0.3 is 14.8 Å². The van der Waals surface area contributed by atoms with Crippen molar-refractivity contribution in [3.63, 3.8) is 0 Å². The molecule has 0 aliphatic carbocycles. The summed E-state index contributed by atoms with van der Waals surface area (Å²) in [6, 6.07) is 22.2. The zero-order chi connectivity index (χ0) is 22.7. The van der Waals surface area contributed by atoms with E-state index in [9.17, 15) is 9.59 Å². The molecule has 2 amide bonds. The van der Waals surface area contributed by atoms with E-state index in [1.165, 1.54) is 4.90 Å². The molecule has 3 aromatic carbocycles. The Hall–Kier alpha value is -4.06. The lowest BCUT2D eigenvalue weighted by molar-refractivity contribution is -0.137. The Kier molecular flexibility index (Phi) is 5.94. The number of benzene rings is 3. The maximum absolute atomic E-state index is 13.4. The van der Waals surface area contributed by atoms with Crippen LogP contribution in [0.4, 0.5) is 5.69 Å². The number of nitrogens with one attached hydrogen (secondary N) is 1. The largest absolute Gasteiger partial charge is 0.497 e. The summed E-state index contributed by atoms with van der Waals surface area (Å²) in [5, 5.41) is 3.16. The number of hydrogen-bond donors (Lipinski definition) is 1. The van der Waals surface area contributed by atoms with Gasteiger partial charge in [0.25, 0.3) is 11.8 Å². The summed E-state index contributed by atoms with van der Waals surface area (Å²) >= 11 is 0. The number of rotatable bonds is 7. The quantitative estimate of drug-likeness (QED) is 0.565. The molecule has 1 aliphatic heterocycles. The van der Waals surface area contributed by atoms with Gasteiger partial charge in [0.05, 0.1) is 32.0 Å². The Balaban J connectivity index is 1.73. The summed E-state index contributed by atoms with van der Waals surface area (Å²) in [7, 11) is 3.16. The van der Waals surface area contributed by atoms with Crippen molar-refractivity contribution in [2.45, 2.75) is 13.5 Å². The van der Waals surface area contributed by atoms with Crippen LogP contribution in [0.1, 0.15) is 16.7 Å². The van der Waals surface area contributed by atoms with Crippen LogP contribution in [0.25, 0.3) is 5.57 Å². The van der Waals surface area contributed by atoms with E-state index < -0.39 is 0 Å². The number of methoxy groups -OCH3 is 2. The Morgan fingerprint density at radius 1 is 0.812 bits per heavy atom. The van der Waals surface area contributed by atoms with Gasteiger partial charge >= 0.3 is 0 Å². The van der Waals surface area contributed by atoms with Crippen molar-refractivity contribution in [1.82, 2.24) is 4.90 Å². The second kappa shape index (κ2) is 8.98. The zero-order valence-electron chi connectivity index (χ0n) is 18.2. The maximum atomic E-state index is 13.4. The molecule has 0 saturated carbocycles. The fraction of sp³-hybridized carbons (Fsp3) is 0.154. The minimum Gasteiger partial charge on any atom is -0.497 e. The van der Waals surface area contributed by atoms with Gasteiger partial charge in [0.1, 0.15) is 17.2 Å². The van der Waals surface area contributed by atoms with Gasteiger partial charge in [-0.1, -0.05) is 54.1 Å². The molecule has 3 aromatic rings. The van der Waals surface area contributed by atoms with Crippen LogP contribution in [-0.2, 0) is 16.1 Å². The predicted molar refractivity (Wildman–Crippen MR) is 123 cm³/mol. The minimum absolute atomic E-state index is 0.161. The van der Waals surface area contributed by atoms with Gasteiger partial charge in [-0.05, 0) is 42.3 Å². The molecule has 0 bridgehead atoms. The van der Waals surface area contributed by atoms with Gasteiger partial charge in [-0.25, -0.2) is 0 Å². The second-order valence-corrected chi connectivity index (χ2v) is 7.49. The van der Waals surface area contributed by atoms with Crippen molar-refractivity contribution in [3.8, 4) is 11.5 Å². The van der Waals surface area contributed by atoms with E-state index in [2.05, 4.69) is 5.32 Å². The summed E-state index contributed by atoms with van der Waals surface area (Å²) in [6.45, 7) is 2.14. The highest BCUT2D eigenvalue weighted by Gasteiger charge is 2.39. The lowest BCUT2D eigenvalue weighted by Crippen LogP contribution is -2.32. The Labute approximate surface area is 187 Å². The van der Waals surface area contributed by atoms with Crippen LogP contribution in [-0.4, -0.2) is 30.9 Å². The molecular formula is C26H24N2O4. The summed E-state index contributed by atoms with van der Waals surface area (Å²) in [4.78, 5) is 28.1. The number of amides is 2. The number of nitrogens with zero attached hydrogens (tertiary/aromatic N) is 1. The zero-order valence-corrected chi connectivity index (χ0v) is 18.2. The molecule has 0 saturated heterocycles. The third-order valence-corrected chi connectivity index (χ3v) is 5.37. The minimum atomic E-state index is -0.382. The highest BCUT2D eigenvalue weighted by atomic mass is 16.5. The van der Waals surface area contributed by atoms with E-state index in [-0.39, 0.29) is 24.1 Å². The van der Waals surface area contributed by atoms with Crippen LogP contribution in [0, 0.1) is 6.92 Å². The molecule has 0 spiro atoms. The first kappa shape index (κ1) is 21.2. The first-order valence-electron chi connectivity index (χ1n) is 10.2. The smallest absolute Gasteiger partial charge is 0.278 e. The SMILES string of the molecule is COc1ccc(CN2C(=O)C(Nc3ccccc3OC)=C(c3ccc(C)cc3)C2=O)cc1. The lowest BCUT2D eigenvalue weighted by atomic mass is 10.0. The first-order valence-corrected chi connectivity index (χ1v) is 10.2. The average molecular weight is 428 g/mol. The van der Waals surface area contributed by atoms with Crippen LogP contribution in [0.3, 0.4) is 0 Å². The van der Waals surface area contributed by atoms with Gasteiger partial charge in [0.15, 0.2) is 0 Å². The summed E-state index contributed by atoms with van der Waals surface area (Å²) in [6.07, 6.45) is 0. The van der Waals surface area contributed by atoms with E-state index in [0.717, 1.165) is 11.1 Å². The highest BCUT2D eigenvalue weighted by molar-refractivity contribution is 6.36. The van der Waals surface area contributed by atoms with Crippen molar-refractivity contribution < 1.29 is 19.1 Å². The molecule has 0 atom stereocenters. The number of hydrogen-bond acceptors (Lipinski definition) is 5. The van der Waals surface area contributed by atoms with E-state index in [1.807, 2.05) is 73.7 Å². The van der Waals surface area contributed by atoms with E-state index in [4.69, 9.17) is 9.47 Å². The third-order valence-electron chi connectivity index (χ3n) is 5.37. The molecular weight excluding hydrogens is 404 g/mol. The van der Waals surface area contributed by atoms with Gasteiger partial charge in [-0.3, -0.25) is 14.5 Å². The molecule has 1 aliphatic rings. The predicted octanol–water partition coefficient (Wildman–Crippen LogP) is 4.40. The molecule has 1 heterocycles. The Morgan fingerprint density at radius 3 is 2.16 bits per heavy atom. The number of carbonyl (C=O) groups is 2. The highest BCUT2D eigenvalue weighted by Crippen LogP contribution is 2.34. The topological polar surface area (TPSA) is 67.9 Å². The van der Waals surface area contributed by atoms with Crippen LogP contribution >= 0.6 is 0 Å². The number of carbonyl (C=O) groups excluding carboxylic acids is 2. The molecule has 6 nitrogen and oxygen atoms in total. The molecule has 0 unspecified atom stereocenters. The molecule has 162 valence electrons. The maximum Gasteiger partial charge on any atom is 0.278 e. The monoisotopic (exact) mass is 428 g/mol. The molecule has 0 fully saturated rings. The average Bonchev–Trinajstić information content (AvgIpc) is 3.04. The van der Waals surface area contributed by atoms with Crippen LogP contribution < -0.4 is 14.8 Å². The third kappa shape index (κ3) is 4.07. The van der Waals surface area contributed by atoms with Crippen molar-refractivity contribution in [3.05, 3.63) is 95.2 Å². The van der Waals surface area contributed by atoms with Gasteiger partial charge in [0.2, 0.25) is 0 Å². The molecule has 0 aromatic heterocycles. The standard InChI is InChI=1S/C26H24N2O4/c1-17-8-12-19(13-9-17)23-24(27-21-6-4-5-7-22(21)32-3)26(30)28(25(23)29)16-18-10-14-20(31-2)15-11-18/h4-15,27H,16H2,1-3H3. The molecule has 0 radical (unpaired) electrons. The summed E-state index contributed by atoms with van der Waals surface area (Å²) in [5.74, 6) is 0.571.